The number of likely N-dealkylation sites (N-methyl/N-ethyl adjacent to an activating group) is 1. The van der Waals surface area contributed by atoms with Gasteiger partial charge in [-0.15, -0.1) is 12.4 Å². The van der Waals surface area contributed by atoms with Gasteiger partial charge >= 0.3 is 0 Å². The Labute approximate surface area is 183 Å². The van der Waals surface area contributed by atoms with Crippen LogP contribution < -0.4 is 0 Å². The SMILES string of the molecule is CCN(CC)CCn1c2ccccc2n2cc(-c3cccc4ccccc34)nc12.Cl. The van der Waals surface area contributed by atoms with Crippen molar-refractivity contribution in [2.24, 2.45) is 0 Å². The van der Waals surface area contributed by atoms with Crippen LogP contribution in [0.4, 0.5) is 0 Å². The molecule has 30 heavy (non-hydrogen) atoms. The second-order valence-corrected chi connectivity index (χ2v) is 7.49. The minimum absolute atomic E-state index is 0. The van der Waals surface area contributed by atoms with E-state index in [4.69, 9.17) is 4.98 Å². The van der Waals surface area contributed by atoms with Crippen LogP contribution >= 0.6 is 12.4 Å². The summed E-state index contributed by atoms with van der Waals surface area (Å²) < 4.78 is 4.61. The first-order valence-corrected chi connectivity index (χ1v) is 10.5. The van der Waals surface area contributed by atoms with Gasteiger partial charge < -0.3 is 9.47 Å². The molecule has 5 aromatic rings. The molecule has 0 spiro atoms. The molecule has 0 saturated heterocycles. The molecular formula is C25H27ClN4. The van der Waals surface area contributed by atoms with Gasteiger partial charge in [0, 0.05) is 24.8 Å². The maximum Gasteiger partial charge on any atom is 0.215 e. The van der Waals surface area contributed by atoms with Crippen molar-refractivity contribution in [2.75, 3.05) is 19.6 Å². The molecular weight excluding hydrogens is 392 g/mol. The molecule has 0 atom stereocenters. The third-order valence-electron chi connectivity index (χ3n) is 5.96. The van der Waals surface area contributed by atoms with Gasteiger partial charge in [0.1, 0.15) is 0 Å². The summed E-state index contributed by atoms with van der Waals surface area (Å²) in [5.41, 5.74) is 4.66. The third kappa shape index (κ3) is 3.36. The molecule has 0 bridgehead atoms. The van der Waals surface area contributed by atoms with Gasteiger partial charge in [-0.2, -0.15) is 0 Å². The van der Waals surface area contributed by atoms with Crippen LogP contribution in [0.25, 0.3) is 38.8 Å². The summed E-state index contributed by atoms with van der Waals surface area (Å²) >= 11 is 0. The van der Waals surface area contributed by atoms with Crippen molar-refractivity contribution in [1.29, 1.82) is 0 Å². The Bertz CT molecular complexity index is 1290. The molecule has 2 aromatic heterocycles. The van der Waals surface area contributed by atoms with Crippen molar-refractivity contribution in [3.8, 4) is 11.3 Å². The molecule has 3 aromatic carbocycles. The number of fused-ring (bicyclic) bond motifs is 4. The van der Waals surface area contributed by atoms with Crippen LogP contribution in [-0.4, -0.2) is 38.5 Å². The molecule has 0 aliphatic carbocycles. The van der Waals surface area contributed by atoms with Crippen LogP contribution in [0.2, 0.25) is 0 Å². The molecule has 0 unspecified atom stereocenters. The normalized spacial score (nSPS) is 11.6. The summed E-state index contributed by atoms with van der Waals surface area (Å²) in [6.45, 7) is 8.55. The Hall–Kier alpha value is -2.82. The molecule has 0 aliphatic rings. The standard InChI is InChI=1S/C25H26N4.ClH/c1-3-27(4-2)16-17-28-23-14-7-8-15-24(23)29-18-22(26-25(28)29)21-13-9-11-19-10-5-6-12-20(19)21;/h5-15,18H,3-4,16-17H2,1-2H3;1H. The van der Waals surface area contributed by atoms with Crippen molar-refractivity contribution in [2.45, 2.75) is 20.4 Å². The molecule has 0 N–H and O–H groups in total. The summed E-state index contributed by atoms with van der Waals surface area (Å²) in [6, 6.07) is 23.6. The zero-order valence-corrected chi connectivity index (χ0v) is 18.3. The summed E-state index contributed by atoms with van der Waals surface area (Å²) in [5.74, 6) is 1.02. The fraction of sp³-hybridized carbons (Fsp3) is 0.240. The van der Waals surface area contributed by atoms with Crippen molar-refractivity contribution < 1.29 is 0 Å². The maximum absolute atomic E-state index is 5.11. The largest absolute Gasteiger partial charge is 0.308 e. The highest BCUT2D eigenvalue weighted by molar-refractivity contribution is 5.96. The molecule has 0 fully saturated rings. The number of aromatic nitrogens is 3. The number of halogens is 1. The van der Waals surface area contributed by atoms with Crippen LogP contribution in [-0.2, 0) is 6.54 Å². The number of rotatable bonds is 6. The van der Waals surface area contributed by atoms with Gasteiger partial charge in [0.2, 0.25) is 5.78 Å². The number of benzene rings is 3. The molecule has 0 radical (unpaired) electrons. The Morgan fingerprint density at radius 2 is 1.53 bits per heavy atom. The van der Waals surface area contributed by atoms with Gasteiger partial charge in [0.25, 0.3) is 0 Å². The predicted octanol–water partition coefficient (Wildman–Crippen LogP) is 5.87. The Morgan fingerprint density at radius 3 is 2.33 bits per heavy atom. The summed E-state index contributed by atoms with van der Waals surface area (Å²) in [5, 5.41) is 2.49. The van der Waals surface area contributed by atoms with Crippen LogP contribution in [0.5, 0.6) is 0 Å². The van der Waals surface area contributed by atoms with Crippen molar-refractivity contribution in [3.05, 3.63) is 72.9 Å². The second kappa shape index (κ2) is 8.50. The van der Waals surface area contributed by atoms with E-state index >= 15 is 0 Å². The topological polar surface area (TPSA) is 25.5 Å². The van der Waals surface area contributed by atoms with Crippen LogP contribution in [0, 0.1) is 0 Å². The number of imidazole rings is 2. The minimum atomic E-state index is 0. The first kappa shape index (κ1) is 20.5. The second-order valence-electron chi connectivity index (χ2n) is 7.49. The van der Waals surface area contributed by atoms with Crippen LogP contribution in [0.15, 0.2) is 72.9 Å². The van der Waals surface area contributed by atoms with E-state index in [9.17, 15) is 0 Å². The predicted molar refractivity (Wildman–Crippen MR) is 129 cm³/mol. The van der Waals surface area contributed by atoms with Crippen molar-refractivity contribution in [1.82, 2.24) is 18.9 Å². The zero-order valence-electron chi connectivity index (χ0n) is 17.5. The van der Waals surface area contributed by atoms with E-state index in [-0.39, 0.29) is 12.4 Å². The molecule has 154 valence electrons. The first-order chi connectivity index (χ1) is 14.3. The molecule has 5 rings (SSSR count). The number of hydrogen-bond acceptors (Lipinski definition) is 2. The Balaban J connectivity index is 0.00000218. The van der Waals surface area contributed by atoms with E-state index in [2.05, 4.69) is 101 Å². The lowest BCUT2D eigenvalue weighted by Crippen LogP contribution is -2.27. The summed E-state index contributed by atoms with van der Waals surface area (Å²) in [4.78, 5) is 7.57. The van der Waals surface area contributed by atoms with Crippen LogP contribution in [0.3, 0.4) is 0 Å². The Morgan fingerprint density at radius 1 is 0.833 bits per heavy atom. The highest BCUT2D eigenvalue weighted by Crippen LogP contribution is 2.30. The Kier molecular flexibility index (Phi) is 5.80. The third-order valence-corrected chi connectivity index (χ3v) is 5.96. The molecule has 5 heteroatoms. The van der Waals surface area contributed by atoms with E-state index in [0.29, 0.717) is 0 Å². The van der Waals surface area contributed by atoms with E-state index in [0.717, 1.165) is 37.7 Å². The van der Waals surface area contributed by atoms with Gasteiger partial charge in [-0.1, -0.05) is 68.4 Å². The van der Waals surface area contributed by atoms with E-state index in [1.54, 1.807) is 0 Å². The van der Waals surface area contributed by atoms with Gasteiger partial charge in [-0.25, -0.2) is 4.98 Å². The lowest BCUT2D eigenvalue weighted by molar-refractivity contribution is 0.293. The minimum Gasteiger partial charge on any atom is -0.308 e. The first-order valence-electron chi connectivity index (χ1n) is 10.5. The van der Waals surface area contributed by atoms with E-state index < -0.39 is 0 Å². The highest BCUT2D eigenvalue weighted by Gasteiger charge is 2.16. The number of para-hydroxylation sites is 2. The quantitative estimate of drug-likeness (QED) is 0.344. The molecule has 0 aliphatic heterocycles. The summed E-state index contributed by atoms with van der Waals surface area (Å²) in [7, 11) is 0. The molecule has 2 heterocycles. The van der Waals surface area contributed by atoms with Crippen molar-refractivity contribution >= 4 is 40.0 Å². The summed E-state index contributed by atoms with van der Waals surface area (Å²) in [6.07, 6.45) is 2.19. The van der Waals surface area contributed by atoms with Gasteiger partial charge in [0.05, 0.1) is 16.7 Å². The van der Waals surface area contributed by atoms with E-state index in [1.807, 2.05) is 0 Å². The highest BCUT2D eigenvalue weighted by atomic mass is 35.5. The number of hydrogen-bond donors (Lipinski definition) is 0. The average Bonchev–Trinajstić information content (AvgIpc) is 3.32. The van der Waals surface area contributed by atoms with E-state index in [1.165, 1.54) is 27.4 Å². The lowest BCUT2D eigenvalue weighted by atomic mass is 10.0. The fourth-order valence-electron chi connectivity index (χ4n) is 4.32. The molecule has 0 amide bonds. The van der Waals surface area contributed by atoms with Gasteiger partial charge in [-0.3, -0.25) is 4.40 Å². The van der Waals surface area contributed by atoms with Crippen molar-refractivity contribution in [3.63, 3.8) is 0 Å². The van der Waals surface area contributed by atoms with Gasteiger partial charge in [-0.05, 0) is 36.0 Å². The molecule has 4 nitrogen and oxygen atoms in total. The fourth-order valence-corrected chi connectivity index (χ4v) is 4.32. The smallest absolute Gasteiger partial charge is 0.215 e. The zero-order chi connectivity index (χ0) is 19.8. The van der Waals surface area contributed by atoms with Gasteiger partial charge in [0.15, 0.2) is 0 Å². The molecule has 0 saturated carbocycles. The van der Waals surface area contributed by atoms with Crippen LogP contribution in [0.1, 0.15) is 13.8 Å². The average molecular weight is 419 g/mol. The number of nitrogens with zero attached hydrogens (tertiary/aromatic N) is 4. The maximum atomic E-state index is 5.11. The monoisotopic (exact) mass is 418 g/mol. The lowest BCUT2D eigenvalue weighted by Gasteiger charge is -2.18.